The Bertz CT molecular complexity index is 156. The number of nitrogens with zero attached hydrogens (tertiary/aromatic N) is 1. The largest absolute Gasteiger partial charge is 0.309 e. The Morgan fingerprint density at radius 3 is 2.69 bits per heavy atom. The summed E-state index contributed by atoms with van der Waals surface area (Å²) >= 11 is 0. The molecule has 1 heterocycles. The van der Waals surface area contributed by atoms with Crippen LogP contribution in [0, 0.1) is 5.92 Å². The van der Waals surface area contributed by atoms with Gasteiger partial charge in [0.05, 0.1) is 0 Å². The summed E-state index contributed by atoms with van der Waals surface area (Å²) in [6, 6.07) is 0. The fraction of sp³-hybridized carbons (Fsp3) is 1.00. The van der Waals surface area contributed by atoms with E-state index < -0.39 is 0 Å². The van der Waals surface area contributed by atoms with Crippen LogP contribution >= 0.6 is 0 Å². The summed E-state index contributed by atoms with van der Waals surface area (Å²) in [4.78, 5) is 2.59. The summed E-state index contributed by atoms with van der Waals surface area (Å²) in [6.07, 6.45) is 1.22. The number of hydrogen-bond acceptors (Lipinski definition) is 2. The molecule has 0 aromatic carbocycles. The molecule has 0 saturated carbocycles. The molecule has 1 rings (SSSR count). The number of piperazine rings is 1. The zero-order valence-corrected chi connectivity index (χ0v) is 9.56. The van der Waals surface area contributed by atoms with E-state index in [1.54, 1.807) is 0 Å². The molecule has 1 N–H and O–H groups in total. The van der Waals surface area contributed by atoms with Gasteiger partial charge in [0.15, 0.2) is 0 Å². The molecule has 0 aliphatic carbocycles. The van der Waals surface area contributed by atoms with E-state index in [-0.39, 0.29) is 0 Å². The summed E-state index contributed by atoms with van der Waals surface area (Å²) in [5, 5.41) is 3.61. The normalized spacial score (nSPS) is 31.2. The first-order chi connectivity index (χ1) is 6.06. The second kappa shape index (κ2) is 4.43. The van der Waals surface area contributed by atoms with E-state index in [0.29, 0.717) is 5.54 Å². The smallest absolute Gasteiger partial charge is 0.0278 e. The second-order valence-corrected chi connectivity index (χ2v) is 4.97. The molecule has 2 nitrogen and oxygen atoms in total. The summed E-state index contributed by atoms with van der Waals surface area (Å²) < 4.78 is 0. The maximum Gasteiger partial charge on any atom is 0.0278 e. The van der Waals surface area contributed by atoms with Gasteiger partial charge in [0.2, 0.25) is 0 Å². The van der Waals surface area contributed by atoms with Crippen molar-refractivity contribution in [1.29, 1.82) is 0 Å². The van der Waals surface area contributed by atoms with E-state index in [1.807, 2.05) is 0 Å². The second-order valence-electron chi connectivity index (χ2n) is 4.97. The van der Waals surface area contributed by atoms with Gasteiger partial charge < -0.3 is 10.2 Å². The van der Waals surface area contributed by atoms with Crippen molar-refractivity contribution in [2.45, 2.75) is 39.7 Å². The molecule has 0 aromatic rings. The minimum Gasteiger partial charge on any atom is -0.309 e. The van der Waals surface area contributed by atoms with Crippen LogP contribution in [0.4, 0.5) is 0 Å². The maximum absolute atomic E-state index is 3.61. The van der Waals surface area contributed by atoms with E-state index in [4.69, 9.17) is 0 Å². The molecule has 1 aliphatic rings. The summed E-state index contributed by atoms with van der Waals surface area (Å²) in [5.74, 6) is 0.791. The van der Waals surface area contributed by atoms with Gasteiger partial charge in [0.25, 0.3) is 0 Å². The van der Waals surface area contributed by atoms with Crippen LogP contribution in [0.1, 0.15) is 34.1 Å². The SMILES string of the molecule is CCC1(C)CN(CC(C)C)CCN1. The molecule has 78 valence electrons. The average molecular weight is 184 g/mol. The average Bonchev–Trinajstić information content (AvgIpc) is 2.03. The lowest BCUT2D eigenvalue weighted by atomic mass is 9.95. The molecule has 0 spiro atoms. The van der Waals surface area contributed by atoms with Crippen molar-refractivity contribution in [2.24, 2.45) is 5.92 Å². The van der Waals surface area contributed by atoms with E-state index >= 15 is 0 Å². The Morgan fingerprint density at radius 1 is 1.46 bits per heavy atom. The zero-order valence-electron chi connectivity index (χ0n) is 9.56. The lowest BCUT2D eigenvalue weighted by Crippen LogP contribution is -2.58. The van der Waals surface area contributed by atoms with Gasteiger partial charge in [0, 0.05) is 31.7 Å². The molecule has 2 heteroatoms. The van der Waals surface area contributed by atoms with E-state index in [9.17, 15) is 0 Å². The van der Waals surface area contributed by atoms with Crippen molar-refractivity contribution < 1.29 is 0 Å². The standard InChI is InChI=1S/C11H24N2/c1-5-11(4)9-13(7-6-12-11)8-10(2)3/h10,12H,5-9H2,1-4H3. The Balaban J connectivity index is 2.42. The summed E-state index contributed by atoms with van der Waals surface area (Å²) in [5.41, 5.74) is 0.354. The van der Waals surface area contributed by atoms with Crippen LogP contribution < -0.4 is 5.32 Å². The van der Waals surface area contributed by atoms with Gasteiger partial charge in [-0.15, -0.1) is 0 Å². The molecule has 1 saturated heterocycles. The lowest BCUT2D eigenvalue weighted by Gasteiger charge is -2.41. The Morgan fingerprint density at radius 2 is 2.15 bits per heavy atom. The minimum atomic E-state index is 0.354. The quantitative estimate of drug-likeness (QED) is 0.718. The molecule has 1 aliphatic heterocycles. The highest BCUT2D eigenvalue weighted by molar-refractivity contribution is 4.89. The predicted octanol–water partition coefficient (Wildman–Crippen LogP) is 1.72. The van der Waals surface area contributed by atoms with Crippen molar-refractivity contribution in [3.05, 3.63) is 0 Å². The predicted molar refractivity (Wildman–Crippen MR) is 58.0 cm³/mol. The van der Waals surface area contributed by atoms with Crippen molar-refractivity contribution in [3.63, 3.8) is 0 Å². The summed E-state index contributed by atoms with van der Waals surface area (Å²) in [6.45, 7) is 14.0. The Kier molecular flexibility index (Phi) is 3.74. The molecule has 1 atom stereocenters. The fourth-order valence-electron chi connectivity index (χ4n) is 2.05. The van der Waals surface area contributed by atoms with E-state index in [1.165, 1.54) is 26.1 Å². The lowest BCUT2D eigenvalue weighted by molar-refractivity contribution is 0.128. The monoisotopic (exact) mass is 184 g/mol. The molecule has 0 aromatic heterocycles. The van der Waals surface area contributed by atoms with Crippen LogP contribution in [-0.4, -0.2) is 36.6 Å². The molecule has 0 amide bonds. The fourth-order valence-corrected chi connectivity index (χ4v) is 2.05. The van der Waals surface area contributed by atoms with Crippen LogP contribution in [-0.2, 0) is 0 Å². The van der Waals surface area contributed by atoms with Gasteiger partial charge in [0.1, 0.15) is 0 Å². The molecular weight excluding hydrogens is 160 g/mol. The van der Waals surface area contributed by atoms with Gasteiger partial charge in [-0.2, -0.15) is 0 Å². The van der Waals surface area contributed by atoms with Gasteiger partial charge in [-0.05, 0) is 19.3 Å². The third-order valence-corrected chi connectivity index (χ3v) is 2.96. The highest BCUT2D eigenvalue weighted by atomic mass is 15.2. The maximum atomic E-state index is 3.61. The highest BCUT2D eigenvalue weighted by Gasteiger charge is 2.28. The molecule has 0 bridgehead atoms. The number of hydrogen-bond donors (Lipinski definition) is 1. The first-order valence-electron chi connectivity index (χ1n) is 5.53. The Labute approximate surface area is 82.7 Å². The van der Waals surface area contributed by atoms with Gasteiger partial charge in [-0.1, -0.05) is 20.8 Å². The molecule has 1 unspecified atom stereocenters. The topological polar surface area (TPSA) is 15.3 Å². The van der Waals surface area contributed by atoms with E-state index in [0.717, 1.165) is 12.5 Å². The Hall–Kier alpha value is -0.0800. The number of nitrogens with one attached hydrogen (secondary N) is 1. The highest BCUT2D eigenvalue weighted by Crippen LogP contribution is 2.15. The van der Waals surface area contributed by atoms with Gasteiger partial charge in [-0.25, -0.2) is 0 Å². The molecular formula is C11H24N2. The minimum absolute atomic E-state index is 0.354. The third kappa shape index (κ3) is 3.28. The van der Waals surface area contributed by atoms with Crippen LogP contribution in [0.5, 0.6) is 0 Å². The van der Waals surface area contributed by atoms with Crippen LogP contribution in [0.2, 0.25) is 0 Å². The third-order valence-electron chi connectivity index (χ3n) is 2.96. The van der Waals surface area contributed by atoms with Crippen molar-refractivity contribution in [3.8, 4) is 0 Å². The first kappa shape index (κ1) is 11.0. The van der Waals surface area contributed by atoms with E-state index in [2.05, 4.69) is 37.9 Å². The molecule has 1 fully saturated rings. The van der Waals surface area contributed by atoms with Gasteiger partial charge in [-0.3, -0.25) is 0 Å². The first-order valence-corrected chi connectivity index (χ1v) is 5.53. The number of rotatable bonds is 3. The van der Waals surface area contributed by atoms with Crippen molar-refractivity contribution >= 4 is 0 Å². The van der Waals surface area contributed by atoms with Crippen LogP contribution in [0.3, 0.4) is 0 Å². The van der Waals surface area contributed by atoms with Crippen LogP contribution in [0.25, 0.3) is 0 Å². The van der Waals surface area contributed by atoms with Gasteiger partial charge >= 0.3 is 0 Å². The van der Waals surface area contributed by atoms with Crippen molar-refractivity contribution in [2.75, 3.05) is 26.2 Å². The van der Waals surface area contributed by atoms with Crippen molar-refractivity contribution in [1.82, 2.24) is 10.2 Å². The zero-order chi connectivity index (χ0) is 9.90. The molecule has 13 heavy (non-hydrogen) atoms. The van der Waals surface area contributed by atoms with Crippen LogP contribution in [0.15, 0.2) is 0 Å². The molecule has 0 radical (unpaired) electrons. The summed E-state index contributed by atoms with van der Waals surface area (Å²) in [7, 11) is 0.